The average Bonchev–Trinajstić information content (AvgIpc) is 3.05. The highest BCUT2D eigenvalue weighted by molar-refractivity contribution is 5.79. The number of carbonyl (C=O) groups is 1. The topological polar surface area (TPSA) is 44.1 Å². The van der Waals surface area contributed by atoms with Crippen LogP contribution in [0.3, 0.4) is 0 Å². The fourth-order valence-electron chi connectivity index (χ4n) is 4.80. The summed E-state index contributed by atoms with van der Waals surface area (Å²) in [4.78, 5) is 17.8. The molecule has 0 N–H and O–H groups in total. The Morgan fingerprint density at radius 3 is 2.60 bits per heavy atom. The third kappa shape index (κ3) is 4.58. The third-order valence-corrected chi connectivity index (χ3v) is 6.47. The van der Waals surface area contributed by atoms with Crippen LogP contribution in [0.5, 0.6) is 0 Å². The van der Waals surface area contributed by atoms with Crippen molar-refractivity contribution in [3.63, 3.8) is 0 Å². The molecule has 1 aliphatic carbocycles. The van der Waals surface area contributed by atoms with Gasteiger partial charge in [0.1, 0.15) is 18.5 Å². The lowest BCUT2D eigenvalue weighted by Crippen LogP contribution is -2.36. The van der Waals surface area contributed by atoms with Gasteiger partial charge in [0.2, 0.25) is 0 Å². The van der Waals surface area contributed by atoms with Crippen LogP contribution in [0.15, 0.2) is 54.6 Å². The SMILES string of the molecule is CC(C)C1CC[C@@H](C)C[C@H]1OC(=O)Cn1c(Cc2ccccc2)nc2ccccc21. The first kappa shape index (κ1) is 20.6. The van der Waals surface area contributed by atoms with Crippen molar-refractivity contribution in [3.8, 4) is 0 Å². The number of para-hydroxylation sites is 2. The Morgan fingerprint density at radius 1 is 1.10 bits per heavy atom. The lowest BCUT2D eigenvalue weighted by molar-refractivity contribution is -0.156. The number of benzene rings is 2. The van der Waals surface area contributed by atoms with Gasteiger partial charge in [0, 0.05) is 6.42 Å². The monoisotopic (exact) mass is 404 g/mol. The van der Waals surface area contributed by atoms with E-state index < -0.39 is 0 Å². The zero-order valence-electron chi connectivity index (χ0n) is 18.3. The van der Waals surface area contributed by atoms with E-state index in [1.54, 1.807) is 0 Å². The van der Waals surface area contributed by atoms with E-state index in [2.05, 4.69) is 32.9 Å². The third-order valence-electron chi connectivity index (χ3n) is 6.47. The highest BCUT2D eigenvalue weighted by Crippen LogP contribution is 2.35. The van der Waals surface area contributed by atoms with E-state index >= 15 is 0 Å². The van der Waals surface area contributed by atoms with Crippen LogP contribution in [0, 0.1) is 17.8 Å². The van der Waals surface area contributed by atoms with Gasteiger partial charge in [0.05, 0.1) is 11.0 Å². The van der Waals surface area contributed by atoms with Crippen molar-refractivity contribution < 1.29 is 9.53 Å². The van der Waals surface area contributed by atoms with Gasteiger partial charge in [0.25, 0.3) is 0 Å². The molecule has 2 aromatic carbocycles. The van der Waals surface area contributed by atoms with Crippen LogP contribution in [0.25, 0.3) is 11.0 Å². The van der Waals surface area contributed by atoms with Gasteiger partial charge in [-0.2, -0.15) is 0 Å². The summed E-state index contributed by atoms with van der Waals surface area (Å²) in [7, 11) is 0. The Kier molecular flexibility index (Phi) is 6.21. The summed E-state index contributed by atoms with van der Waals surface area (Å²) < 4.78 is 8.10. The summed E-state index contributed by atoms with van der Waals surface area (Å²) in [6, 6.07) is 18.3. The largest absolute Gasteiger partial charge is 0.461 e. The maximum absolute atomic E-state index is 13.0. The van der Waals surface area contributed by atoms with Crippen molar-refractivity contribution in [1.82, 2.24) is 9.55 Å². The molecule has 0 radical (unpaired) electrons. The first-order chi connectivity index (χ1) is 14.5. The highest BCUT2D eigenvalue weighted by atomic mass is 16.5. The summed E-state index contributed by atoms with van der Waals surface area (Å²) in [6.07, 6.45) is 4.05. The van der Waals surface area contributed by atoms with Gasteiger partial charge in [-0.15, -0.1) is 0 Å². The fourth-order valence-corrected chi connectivity index (χ4v) is 4.80. The first-order valence-electron chi connectivity index (χ1n) is 11.2. The summed E-state index contributed by atoms with van der Waals surface area (Å²) >= 11 is 0. The number of aromatic nitrogens is 2. The maximum atomic E-state index is 13.0. The van der Waals surface area contributed by atoms with E-state index in [4.69, 9.17) is 9.72 Å². The second-order valence-electron chi connectivity index (χ2n) is 9.12. The quantitative estimate of drug-likeness (QED) is 0.500. The lowest BCUT2D eigenvalue weighted by Gasteiger charge is -2.36. The van der Waals surface area contributed by atoms with Crippen LogP contribution in [0.1, 0.15) is 51.4 Å². The van der Waals surface area contributed by atoms with Gasteiger partial charge < -0.3 is 9.30 Å². The van der Waals surface area contributed by atoms with Gasteiger partial charge in [-0.05, 0) is 48.3 Å². The Balaban J connectivity index is 1.56. The molecule has 158 valence electrons. The predicted octanol–water partition coefficient (Wildman–Crippen LogP) is 5.63. The fraction of sp³-hybridized carbons (Fsp3) is 0.462. The number of hydrogen-bond donors (Lipinski definition) is 0. The van der Waals surface area contributed by atoms with E-state index in [9.17, 15) is 4.79 Å². The van der Waals surface area contributed by atoms with E-state index in [1.807, 2.05) is 47.0 Å². The molecule has 0 amide bonds. The normalized spacial score (nSPS) is 21.8. The molecule has 1 saturated carbocycles. The Hall–Kier alpha value is -2.62. The number of ether oxygens (including phenoxy) is 1. The first-order valence-corrected chi connectivity index (χ1v) is 11.2. The van der Waals surface area contributed by atoms with Gasteiger partial charge in [-0.1, -0.05) is 69.7 Å². The minimum atomic E-state index is -0.155. The molecule has 1 heterocycles. The zero-order chi connectivity index (χ0) is 21.1. The molecular weight excluding hydrogens is 372 g/mol. The Bertz CT molecular complexity index is 993. The van der Waals surface area contributed by atoms with Crippen molar-refractivity contribution in [2.45, 2.75) is 59.1 Å². The number of rotatable bonds is 6. The smallest absolute Gasteiger partial charge is 0.326 e. The molecule has 3 atom stereocenters. The molecule has 0 saturated heterocycles. The molecule has 4 rings (SSSR count). The second-order valence-corrected chi connectivity index (χ2v) is 9.12. The van der Waals surface area contributed by atoms with Crippen molar-refractivity contribution in [2.24, 2.45) is 17.8 Å². The number of hydrogen-bond acceptors (Lipinski definition) is 3. The van der Waals surface area contributed by atoms with E-state index in [0.717, 1.165) is 29.7 Å². The van der Waals surface area contributed by atoms with Crippen LogP contribution >= 0.6 is 0 Å². The molecule has 1 aromatic heterocycles. The summed E-state index contributed by atoms with van der Waals surface area (Å²) in [5.74, 6) is 2.33. The Labute approximate surface area is 179 Å². The molecule has 0 bridgehead atoms. The second kappa shape index (κ2) is 9.03. The number of fused-ring (bicyclic) bond motifs is 1. The van der Waals surface area contributed by atoms with Gasteiger partial charge in [-0.3, -0.25) is 4.79 Å². The number of carbonyl (C=O) groups excluding carboxylic acids is 1. The van der Waals surface area contributed by atoms with Crippen LogP contribution in [-0.4, -0.2) is 21.6 Å². The lowest BCUT2D eigenvalue weighted by atomic mass is 9.75. The summed E-state index contributed by atoms with van der Waals surface area (Å²) in [6.45, 7) is 6.95. The van der Waals surface area contributed by atoms with E-state index in [0.29, 0.717) is 24.2 Å². The number of esters is 1. The van der Waals surface area contributed by atoms with Crippen LogP contribution < -0.4 is 0 Å². The summed E-state index contributed by atoms with van der Waals surface area (Å²) in [5, 5.41) is 0. The number of nitrogens with zero attached hydrogens (tertiary/aromatic N) is 2. The molecular formula is C26H32N2O2. The molecule has 1 fully saturated rings. The van der Waals surface area contributed by atoms with E-state index in [-0.39, 0.29) is 18.6 Å². The maximum Gasteiger partial charge on any atom is 0.326 e. The minimum absolute atomic E-state index is 0.0219. The van der Waals surface area contributed by atoms with Gasteiger partial charge >= 0.3 is 5.97 Å². The van der Waals surface area contributed by atoms with Crippen LogP contribution in [-0.2, 0) is 22.5 Å². The molecule has 1 aliphatic rings. The van der Waals surface area contributed by atoms with Gasteiger partial charge in [-0.25, -0.2) is 4.98 Å². The highest BCUT2D eigenvalue weighted by Gasteiger charge is 2.33. The molecule has 1 unspecified atom stereocenters. The zero-order valence-corrected chi connectivity index (χ0v) is 18.3. The van der Waals surface area contributed by atoms with Crippen LogP contribution in [0.2, 0.25) is 0 Å². The van der Waals surface area contributed by atoms with Gasteiger partial charge in [0.15, 0.2) is 0 Å². The predicted molar refractivity (Wildman–Crippen MR) is 120 cm³/mol. The van der Waals surface area contributed by atoms with Crippen molar-refractivity contribution >= 4 is 17.0 Å². The minimum Gasteiger partial charge on any atom is -0.461 e. The molecule has 0 spiro atoms. The summed E-state index contributed by atoms with van der Waals surface area (Å²) in [5.41, 5.74) is 3.09. The van der Waals surface area contributed by atoms with E-state index in [1.165, 1.54) is 12.0 Å². The van der Waals surface area contributed by atoms with Crippen molar-refractivity contribution in [1.29, 1.82) is 0 Å². The van der Waals surface area contributed by atoms with Crippen LogP contribution in [0.4, 0.5) is 0 Å². The standard InChI is InChI=1S/C26H32N2O2/c1-18(2)21-14-13-19(3)15-24(21)30-26(29)17-28-23-12-8-7-11-22(23)27-25(28)16-20-9-5-4-6-10-20/h4-12,18-19,21,24H,13-17H2,1-3H3/t19-,21?,24-/m1/s1. The molecule has 3 aromatic rings. The van der Waals surface area contributed by atoms with Crippen molar-refractivity contribution in [2.75, 3.05) is 0 Å². The Morgan fingerprint density at radius 2 is 1.83 bits per heavy atom. The molecule has 30 heavy (non-hydrogen) atoms. The number of imidazole rings is 1. The molecule has 0 aliphatic heterocycles. The molecule has 4 heteroatoms. The molecule has 4 nitrogen and oxygen atoms in total. The van der Waals surface area contributed by atoms with Crippen molar-refractivity contribution in [3.05, 3.63) is 66.0 Å². The average molecular weight is 405 g/mol.